The lowest BCUT2D eigenvalue weighted by Gasteiger charge is -2.43. The zero-order chi connectivity index (χ0) is 18.5. The number of anilines is 2. The Hall–Kier alpha value is -1.80. The Labute approximate surface area is 145 Å². The van der Waals surface area contributed by atoms with Gasteiger partial charge in [0.2, 0.25) is 0 Å². The van der Waals surface area contributed by atoms with Crippen molar-refractivity contribution >= 4 is 11.5 Å². The molecular weight excluding hydrogens is 333 g/mol. The number of hydrogen-bond acceptors (Lipinski definition) is 5. The molecule has 5 nitrogen and oxygen atoms in total. The lowest BCUT2D eigenvalue weighted by molar-refractivity contribution is -0.137. The minimum absolute atomic E-state index is 0.195. The molecule has 0 radical (unpaired) electrons. The minimum atomic E-state index is -4.48. The number of alkyl halides is 3. The van der Waals surface area contributed by atoms with Crippen LogP contribution in [0.1, 0.15) is 19.4 Å². The van der Waals surface area contributed by atoms with E-state index in [0.29, 0.717) is 30.5 Å². The molecule has 1 unspecified atom stereocenters. The molecule has 0 aromatic carbocycles. The van der Waals surface area contributed by atoms with E-state index < -0.39 is 18.0 Å². The predicted octanol–water partition coefficient (Wildman–Crippen LogP) is 2.32. The Bertz CT molecular complexity index is 676. The molecule has 1 aromatic rings. The zero-order valence-corrected chi connectivity index (χ0v) is 14.6. The van der Waals surface area contributed by atoms with Gasteiger partial charge in [-0.2, -0.15) is 13.2 Å². The summed E-state index contributed by atoms with van der Waals surface area (Å²) in [6.45, 7) is 10.3. The van der Waals surface area contributed by atoms with E-state index in [1.807, 2.05) is 4.90 Å². The second-order valence-electron chi connectivity index (χ2n) is 6.92. The number of aromatic nitrogens is 1. The molecule has 2 atom stereocenters. The fraction of sp³-hybridized carbons (Fsp3) is 0.588. The second kappa shape index (κ2) is 6.17. The molecule has 0 aliphatic carbocycles. The second-order valence-corrected chi connectivity index (χ2v) is 6.92. The first kappa shape index (κ1) is 18.0. The molecule has 1 N–H and O–H groups in total. The van der Waals surface area contributed by atoms with E-state index in [1.165, 1.54) is 4.90 Å². The molecule has 3 heterocycles. The van der Waals surface area contributed by atoms with Crippen LogP contribution in [-0.4, -0.2) is 60.0 Å². The highest BCUT2D eigenvalue weighted by molar-refractivity contribution is 5.71. The van der Waals surface area contributed by atoms with Crippen molar-refractivity contribution in [1.82, 2.24) is 9.88 Å². The van der Waals surface area contributed by atoms with Crippen molar-refractivity contribution < 1.29 is 18.3 Å². The maximum atomic E-state index is 13.1. The van der Waals surface area contributed by atoms with E-state index in [1.54, 1.807) is 7.05 Å². The topological polar surface area (TPSA) is 42.8 Å². The monoisotopic (exact) mass is 356 g/mol. The Balaban J connectivity index is 2.07. The van der Waals surface area contributed by atoms with E-state index in [9.17, 15) is 18.3 Å². The Morgan fingerprint density at radius 1 is 1.32 bits per heavy atom. The fourth-order valence-electron chi connectivity index (χ4n) is 3.48. The quantitative estimate of drug-likeness (QED) is 0.783. The Morgan fingerprint density at radius 2 is 2.00 bits per heavy atom. The van der Waals surface area contributed by atoms with Crippen LogP contribution in [0.5, 0.6) is 0 Å². The lowest BCUT2D eigenvalue weighted by atomic mass is 10.0. The van der Waals surface area contributed by atoms with Crippen LogP contribution in [0.3, 0.4) is 0 Å². The van der Waals surface area contributed by atoms with Crippen LogP contribution in [0, 0.1) is 0 Å². The van der Waals surface area contributed by atoms with E-state index in [0.717, 1.165) is 18.8 Å². The molecule has 1 aromatic heterocycles. The summed E-state index contributed by atoms with van der Waals surface area (Å²) in [4.78, 5) is 9.76. The number of likely N-dealkylation sites (N-methyl/N-ethyl adjacent to an activating group) is 1. The number of fused-ring (bicyclic) bond motifs is 3. The summed E-state index contributed by atoms with van der Waals surface area (Å²) in [5, 5.41) is 10.6. The van der Waals surface area contributed by atoms with Gasteiger partial charge in [-0.1, -0.05) is 6.58 Å². The van der Waals surface area contributed by atoms with Crippen LogP contribution >= 0.6 is 0 Å². The molecule has 8 heteroatoms. The minimum Gasteiger partial charge on any atom is -0.370 e. The first-order chi connectivity index (χ1) is 11.6. The predicted molar refractivity (Wildman–Crippen MR) is 90.6 cm³/mol. The summed E-state index contributed by atoms with van der Waals surface area (Å²) in [5.74, 6) is 0.460. The van der Waals surface area contributed by atoms with E-state index in [4.69, 9.17) is 0 Å². The largest absolute Gasteiger partial charge is 0.417 e. The van der Waals surface area contributed by atoms with Gasteiger partial charge in [0.1, 0.15) is 0 Å². The summed E-state index contributed by atoms with van der Waals surface area (Å²) in [7, 11) is 1.56. The van der Waals surface area contributed by atoms with Gasteiger partial charge in [-0.05, 0) is 25.5 Å². The van der Waals surface area contributed by atoms with Crippen LogP contribution in [-0.2, 0) is 6.18 Å². The van der Waals surface area contributed by atoms with Crippen LogP contribution < -0.4 is 9.80 Å². The SMILES string of the molecule is C=C1C(O)N(C)c2cc(C(F)(F)F)cnc2N2CCN(C(C)C)C[C@@H]12. The van der Waals surface area contributed by atoms with Gasteiger partial charge >= 0.3 is 6.18 Å². The first-order valence-corrected chi connectivity index (χ1v) is 8.28. The number of hydrogen-bond donors (Lipinski definition) is 1. The average molecular weight is 356 g/mol. The molecule has 1 fully saturated rings. The fourth-order valence-corrected chi connectivity index (χ4v) is 3.48. The van der Waals surface area contributed by atoms with Crippen LogP contribution in [0.15, 0.2) is 24.4 Å². The van der Waals surface area contributed by atoms with Crippen LogP contribution in [0.4, 0.5) is 24.7 Å². The highest BCUT2D eigenvalue weighted by Crippen LogP contribution is 2.40. The summed E-state index contributed by atoms with van der Waals surface area (Å²) in [6.07, 6.45) is -4.68. The molecular formula is C17H23F3N4O. The normalized spacial score (nSPS) is 25.0. The number of piperazine rings is 1. The molecule has 0 saturated carbocycles. The number of nitrogens with zero attached hydrogens (tertiary/aromatic N) is 4. The Kier molecular flexibility index (Phi) is 4.45. The standard InChI is InChI=1S/C17H23F3N4O/c1-10(2)23-5-6-24-14(9-23)11(3)16(25)22(4)13-7-12(17(18,19)20)8-21-15(13)24/h7-8,10,14,16,25H,3,5-6,9H2,1-2,4H3/t14-,16?/m0/s1. The molecule has 0 bridgehead atoms. The van der Waals surface area contributed by atoms with Crippen molar-refractivity contribution in [2.75, 3.05) is 36.5 Å². The molecule has 138 valence electrons. The summed E-state index contributed by atoms with van der Waals surface area (Å²) < 4.78 is 39.2. The van der Waals surface area contributed by atoms with Crippen LogP contribution in [0.2, 0.25) is 0 Å². The molecule has 1 saturated heterocycles. The average Bonchev–Trinajstić information content (AvgIpc) is 2.64. The maximum Gasteiger partial charge on any atom is 0.417 e. The lowest BCUT2D eigenvalue weighted by Crippen LogP contribution is -2.56. The third-order valence-electron chi connectivity index (χ3n) is 5.10. The van der Waals surface area contributed by atoms with Gasteiger partial charge in [0.25, 0.3) is 0 Å². The third-order valence-corrected chi connectivity index (χ3v) is 5.10. The summed E-state index contributed by atoms with van der Waals surface area (Å²) in [6, 6.07) is 1.20. The molecule has 2 aliphatic heterocycles. The highest BCUT2D eigenvalue weighted by atomic mass is 19.4. The zero-order valence-electron chi connectivity index (χ0n) is 14.6. The van der Waals surface area contributed by atoms with Crippen molar-refractivity contribution in [2.24, 2.45) is 0 Å². The van der Waals surface area contributed by atoms with Gasteiger partial charge in [0.15, 0.2) is 12.0 Å². The molecule has 0 spiro atoms. The maximum absolute atomic E-state index is 13.1. The molecule has 3 rings (SSSR count). The van der Waals surface area contributed by atoms with E-state index >= 15 is 0 Å². The van der Waals surface area contributed by atoms with Gasteiger partial charge in [-0.3, -0.25) is 4.90 Å². The Morgan fingerprint density at radius 3 is 2.60 bits per heavy atom. The summed E-state index contributed by atoms with van der Waals surface area (Å²) in [5.41, 5.74) is 0.0126. The number of aliphatic hydroxyl groups excluding tert-OH is 1. The smallest absolute Gasteiger partial charge is 0.370 e. The number of aliphatic hydroxyl groups is 1. The van der Waals surface area contributed by atoms with Crippen molar-refractivity contribution in [2.45, 2.75) is 38.3 Å². The van der Waals surface area contributed by atoms with Crippen molar-refractivity contribution in [1.29, 1.82) is 0 Å². The molecule has 25 heavy (non-hydrogen) atoms. The van der Waals surface area contributed by atoms with E-state index in [-0.39, 0.29) is 11.7 Å². The molecule has 2 aliphatic rings. The number of pyridine rings is 1. The van der Waals surface area contributed by atoms with Gasteiger partial charge in [-0.15, -0.1) is 0 Å². The van der Waals surface area contributed by atoms with Gasteiger partial charge in [-0.25, -0.2) is 4.98 Å². The van der Waals surface area contributed by atoms with Gasteiger partial charge in [0.05, 0.1) is 17.3 Å². The van der Waals surface area contributed by atoms with Gasteiger partial charge < -0.3 is 14.9 Å². The number of halogens is 3. The highest BCUT2D eigenvalue weighted by Gasteiger charge is 2.40. The van der Waals surface area contributed by atoms with Crippen LogP contribution in [0.25, 0.3) is 0 Å². The van der Waals surface area contributed by atoms with Crippen molar-refractivity contribution in [3.05, 3.63) is 30.0 Å². The van der Waals surface area contributed by atoms with Crippen molar-refractivity contribution in [3.8, 4) is 0 Å². The molecule has 0 amide bonds. The summed E-state index contributed by atoms with van der Waals surface area (Å²) >= 11 is 0. The van der Waals surface area contributed by atoms with Crippen molar-refractivity contribution in [3.63, 3.8) is 0 Å². The first-order valence-electron chi connectivity index (χ1n) is 8.28. The van der Waals surface area contributed by atoms with Gasteiger partial charge in [0, 0.05) is 38.9 Å². The number of rotatable bonds is 1. The third kappa shape index (κ3) is 3.08. The van der Waals surface area contributed by atoms with E-state index in [2.05, 4.69) is 30.3 Å².